The van der Waals surface area contributed by atoms with Gasteiger partial charge in [-0.15, -0.1) is 0 Å². The maximum Gasteiger partial charge on any atom is 0.361 e. The minimum Gasteiger partial charge on any atom is -0.461 e. The number of nitrogens with zero attached hydrogens (tertiary/aromatic N) is 2. The predicted molar refractivity (Wildman–Crippen MR) is 51.8 cm³/mol. The monoisotopic (exact) mass is 212 g/mol. The Morgan fingerprint density at radius 2 is 2.27 bits per heavy atom. The minimum atomic E-state index is -0.613. The maximum absolute atomic E-state index is 11.3. The molecule has 1 aromatic heterocycles. The fourth-order valence-electron chi connectivity index (χ4n) is 1.04. The van der Waals surface area contributed by atoms with Crippen molar-refractivity contribution in [2.24, 2.45) is 5.73 Å². The van der Waals surface area contributed by atoms with Gasteiger partial charge in [-0.3, -0.25) is 9.48 Å². The first-order chi connectivity index (χ1) is 7.04. The number of nitrogens with two attached hydrogens (primary N) is 2. The average molecular weight is 212 g/mol. The molecule has 0 fully saturated rings. The van der Waals surface area contributed by atoms with Crippen LogP contribution < -0.4 is 11.5 Å². The van der Waals surface area contributed by atoms with Crippen LogP contribution in [0.25, 0.3) is 0 Å². The number of nitrogen functional groups attached to an aromatic ring is 1. The zero-order valence-corrected chi connectivity index (χ0v) is 8.27. The number of amides is 1. The van der Waals surface area contributed by atoms with E-state index in [1.165, 1.54) is 10.9 Å². The number of carbonyl (C=O) groups excluding carboxylic acids is 2. The van der Waals surface area contributed by atoms with Crippen molar-refractivity contribution < 1.29 is 14.3 Å². The smallest absolute Gasteiger partial charge is 0.361 e. The van der Waals surface area contributed by atoms with Gasteiger partial charge in [0.1, 0.15) is 6.54 Å². The molecule has 0 aliphatic heterocycles. The number of rotatable bonds is 4. The molecule has 1 amide bonds. The van der Waals surface area contributed by atoms with Crippen LogP contribution in [0.4, 0.5) is 5.69 Å². The van der Waals surface area contributed by atoms with Crippen molar-refractivity contribution in [1.29, 1.82) is 0 Å². The molecule has 0 aliphatic rings. The van der Waals surface area contributed by atoms with Crippen LogP contribution >= 0.6 is 0 Å². The van der Waals surface area contributed by atoms with Crippen LogP contribution in [-0.4, -0.2) is 28.3 Å². The summed E-state index contributed by atoms with van der Waals surface area (Å²) in [6.45, 7) is 1.79. The third-order valence-corrected chi connectivity index (χ3v) is 1.58. The third-order valence-electron chi connectivity index (χ3n) is 1.58. The fourth-order valence-corrected chi connectivity index (χ4v) is 1.04. The fraction of sp³-hybridized carbons (Fsp3) is 0.375. The summed E-state index contributed by atoms with van der Waals surface area (Å²) in [7, 11) is 0. The van der Waals surface area contributed by atoms with Crippen molar-refractivity contribution in [1.82, 2.24) is 9.78 Å². The van der Waals surface area contributed by atoms with E-state index in [0.717, 1.165) is 0 Å². The van der Waals surface area contributed by atoms with Crippen LogP contribution in [0.3, 0.4) is 0 Å². The number of hydrogen-bond donors (Lipinski definition) is 2. The lowest BCUT2D eigenvalue weighted by Gasteiger charge is -1.98. The van der Waals surface area contributed by atoms with Gasteiger partial charge in [-0.1, -0.05) is 0 Å². The third kappa shape index (κ3) is 2.70. The molecule has 0 atom stereocenters. The molecule has 0 radical (unpaired) electrons. The molecule has 0 spiro atoms. The molecule has 0 aromatic carbocycles. The molecule has 4 N–H and O–H groups in total. The van der Waals surface area contributed by atoms with E-state index in [1.54, 1.807) is 6.92 Å². The topological polar surface area (TPSA) is 113 Å². The van der Waals surface area contributed by atoms with Gasteiger partial charge in [0.15, 0.2) is 5.69 Å². The van der Waals surface area contributed by atoms with Gasteiger partial charge in [-0.2, -0.15) is 5.10 Å². The van der Waals surface area contributed by atoms with Crippen LogP contribution in [0.5, 0.6) is 0 Å². The zero-order chi connectivity index (χ0) is 11.4. The molecule has 15 heavy (non-hydrogen) atoms. The van der Waals surface area contributed by atoms with E-state index in [1.807, 2.05) is 0 Å². The summed E-state index contributed by atoms with van der Waals surface area (Å²) in [5.41, 5.74) is 10.6. The molecule has 0 saturated carbocycles. The minimum absolute atomic E-state index is 0.00176. The molecule has 1 rings (SSSR count). The average Bonchev–Trinajstić information content (AvgIpc) is 2.46. The van der Waals surface area contributed by atoms with Crippen molar-refractivity contribution in [2.75, 3.05) is 12.3 Å². The molecule has 7 nitrogen and oxygen atoms in total. The highest BCUT2D eigenvalue weighted by atomic mass is 16.5. The lowest BCUT2D eigenvalue weighted by molar-refractivity contribution is -0.118. The molecule has 0 saturated heterocycles. The van der Waals surface area contributed by atoms with E-state index in [4.69, 9.17) is 16.2 Å². The summed E-state index contributed by atoms with van der Waals surface area (Å²) in [6.07, 6.45) is 1.36. The molecular formula is C8H12N4O3. The predicted octanol–water partition coefficient (Wildman–Crippen LogP) is -0.873. The van der Waals surface area contributed by atoms with Gasteiger partial charge < -0.3 is 16.2 Å². The number of aromatic nitrogens is 2. The number of primary amides is 1. The van der Waals surface area contributed by atoms with Gasteiger partial charge in [-0.25, -0.2) is 4.79 Å². The Kier molecular flexibility index (Phi) is 3.27. The van der Waals surface area contributed by atoms with Crippen molar-refractivity contribution in [3.63, 3.8) is 0 Å². The van der Waals surface area contributed by atoms with Crippen LogP contribution in [0.1, 0.15) is 17.4 Å². The normalized spacial score (nSPS) is 9.93. The summed E-state index contributed by atoms with van der Waals surface area (Å²) in [6, 6.07) is 0. The number of carbonyl (C=O) groups is 2. The summed E-state index contributed by atoms with van der Waals surface area (Å²) >= 11 is 0. The van der Waals surface area contributed by atoms with Crippen molar-refractivity contribution in [3.05, 3.63) is 11.9 Å². The lowest BCUT2D eigenvalue weighted by Crippen LogP contribution is -2.19. The van der Waals surface area contributed by atoms with Crippen LogP contribution in [0, 0.1) is 0 Å². The van der Waals surface area contributed by atoms with E-state index in [9.17, 15) is 9.59 Å². The number of ether oxygens (including phenoxy) is 1. The SMILES string of the molecule is CCOC(=O)c1nn(CC(N)=O)cc1N. The second-order valence-electron chi connectivity index (χ2n) is 2.82. The Bertz CT molecular complexity index is 385. The summed E-state index contributed by atoms with van der Waals surface area (Å²) in [4.78, 5) is 21.9. The lowest BCUT2D eigenvalue weighted by atomic mass is 10.4. The Morgan fingerprint density at radius 1 is 1.60 bits per heavy atom. The Hall–Kier alpha value is -2.05. The van der Waals surface area contributed by atoms with E-state index >= 15 is 0 Å². The van der Waals surface area contributed by atoms with Crippen LogP contribution in [0.2, 0.25) is 0 Å². The van der Waals surface area contributed by atoms with Crippen LogP contribution in [-0.2, 0) is 16.1 Å². The Balaban J connectivity index is 2.86. The first kappa shape index (κ1) is 11.0. The molecule has 0 bridgehead atoms. The van der Waals surface area contributed by atoms with Gasteiger partial charge in [0, 0.05) is 6.20 Å². The second kappa shape index (κ2) is 4.45. The van der Waals surface area contributed by atoms with Crippen LogP contribution in [0.15, 0.2) is 6.20 Å². The summed E-state index contributed by atoms with van der Waals surface area (Å²) < 4.78 is 5.91. The van der Waals surface area contributed by atoms with Crippen molar-refractivity contribution in [3.8, 4) is 0 Å². The van der Waals surface area contributed by atoms with Gasteiger partial charge in [-0.05, 0) is 6.92 Å². The standard InChI is InChI=1S/C8H12N4O3/c1-2-15-8(14)7-5(9)3-12(11-7)4-6(10)13/h3H,2,4,9H2,1H3,(H2,10,13). The number of hydrogen-bond acceptors (Lipinski definition) is 5. The Labute approximate surface area is 86.0 Å². The van der Waals surface area contributed by atoms with Crippen molar-refractivity contribution >= 4 is 17.6 Å². The first-order valence-corrected chi connectivity index (χ1v) is 4.33. The van der Waals surface area contributed by atoms with Gasteiger partial charge in [0.25, 0.3) is 0 Å². The van der Waals surface area contributed by atoms with Gasteiger partial charge in [0.05, 0.1) is 12.3 Å². The summed E-state index contributed by atoms with van der Waals surface area (Å²) in [5, 5.41) is 3.78. The molecule has 1 aromatic rings. The molecule has 0 unspecified atom stereocenters. The molecule has 7 heteroatoms. The highest BCUT2D eigenvalue weighted by molar-refractivity contribution is 5.92. The molecule has 1 heterocycles. The van der Waals surface area contributed by atoms with E-state index in [-0.39, 0.29) is 24.5 Å². The van der Waals surface area contributed by atoms with Crippen molar-refractivity contribution in [2.45, 2.75) is 13.5 Å². The largest absolute Gasteiger partial charge is 0.461 e. The first-order valence-electron chi connectivity index (χ1n) is 4.33. The summed E-state index contributed by atoms with van der Waals surface area (Å²) in [5.74, 6) is -1.17. The molecule has 82 valence electrons. The molecule has 0 aliphatic carbocycles. The maximum atomic E-state index is 11.3. The second-order valence-corrected chi connectivity index (χ2v) is 2.82. The quantitative estimate of drug-likeness (QED) is 0.629. The van der Waals surface area contributed by atoms with E-state index in [2.05, 4.69) is 5.10 Å². The zero-order valence-electron chi connectivity index (χ0n) is 8.27. The number of esters is 1. The molecular weight excluding hydrogens is 200 g/mol. The Morgan fingerprint density at radius 3 is 2.80 bits per heavy atom. The highest BCUT2D eigenvalue weighted by Gasteiger charge is 2.16. The highest BCUT2D eigenvalue weighted by Crippen LogP contribution is 2.10. The van der Waals surface area contributed by atoms with Gasteiger partial charge >= 0.3 is 5.97 Å². The van der Waals surface area contributed by atoms with E-state index in [0.29, 0.717) is 0 Å². The van der Waals surface area contributed by atoms with Gasteiger partial charge in [0.2, 0.25) is 5.91 Å². The van der Waals surface area contributed by atoms with E-state index < -0.39 is 11.9 Å². The number of anilines is 1.